The maximum Gasteiger partial charge on any atom is 0.222 e. The zero-order chi connectivity index (χ0) is 20.1. The second kappa shape index (κ2) is 8.84. The van der Waals surface area contributed by atoms with Gasteiger partial charge in [0.2, 0.25) is 5.91 Å². The number of carbonyl (C=O) groups excluding carboxylic acids is 1. The molecule has 1 atom stereocenters. The minimum absolute atomic E-state index is 0.00527. The van der Waals surface area contributed by atoms with Crippen molar-refractivity contribution in [2.24, 2.45) is 0 Å². The van der Waals surface area contributed by atoms with Crippen molar-refractivity contribution in [2.45, 2.75) is 19.4 Å². The Morgan fingerprint density at radius 1 is 1.00 bits per heavy atom. The number of aromatic nitrogens is 2. The lowest BCUT2D eigenvalue weighted by Crippen LogP contribution is -2.28. The maximum atomic E-state index is 12.4. The summed E-state index contributed by atoms with van der Waals surface area (Å²) in [4.78, 5) is 22.8. The number of benzene rings is 2. The van der Waals surface area contributed by atoms with Crippen molar-refractivity contribution in [1.82, 2.24) is 15.3 Å². The van der Waals surface area contributed by atoms with Gasteiger partial charge in [0.25, 0.3) is 0 Å². The third kappa shape index (κ3) is 4.60. The molecule has 0 spiro atoms. The first kappa shape index (κ1) is 19.1. The summed E-state index contributed by atoms with van der Waals surface area (Å²) in [7, 11) is 0. The fourth-order valence-electron chi connectivity index (χ4n) is 3.16. The van der Waals surface area contributed by atoms with E-state index in [1.807, 2.05) is 79.0 Å². The Morgan fingerprint density at radius 3 is 2.59 bits per heavy atom. The highest BCUT2D eigenvalue weighted by atomic mass is 32.1. The van der Waals surface area contributed by atoms with Crippen molar-refractivity contribution < 1.29 is 4.79 Å². The molecule has 0 bridgehead atoms. The van der Waals surface area contributed by atoms with E-state index in [4.69, 9.17) is 4.98 Å². The number of nitrogens with one attached hydrogen (secondary N) is 2. The number of rotatable bonds is 7. The van der Waals surface area contributed by atoms with Crippen LogP contribution in [0.2, 0.25) is 0 Å². The highest BCUT2D eigenvalue weighted by Crippen LogP contribution is 2.27. The Morgan fingerprint density at radius 2 is 1.79 bits per heavy atom. The molecule has 29 heavy (non-hydrogen) atoms. The van der Waals surface area contributed by atoms with Crippen LogP contribution in [0.15, 0.2) is 72.1 Å². The molecular formula is C23H22N4OS. The molecule has 0 aliphatic heterocycles. The summed E-state index contributed by atoms with van der Waals surface area (Å²) in [6, 6.07) is 21.8. The predicted octanol–water partition coefficient (Wildman–Crippen LogP) is 5.04. The van der Waals surface area contributed by atoms with E-state index in [1.54, 1.807) is 11.3 Å². The molecule has 0 saturated carbocycles. The summed E-state index contributed by atoms with van der Waals surface area (Å²) < 4.78 is 0. The van der Waals surface area contributed by atoms with Crippen LogP contribution < -0.4 is 10.6 Å². The Balaban J connectivity index is 1.43. The normalized spacial score (nSPS) is 11.9. The van der Waals surface area contributed by atoms with Crippen molar-refractivity contribution in [2.75, 3.05) is 11.9 Å². The number of anilines is 1. The number of fused-ring (bicyclic) bond motifs is 1. The summed E-state index contributed by atoms with van der Waals surface area (Å²) in [6.45, 7) is 2.49. The highest BCUT2D eigenvalue weighted by molar-refractivity contribution is 7.13. The van der Waals surface area contributed by atoms with Crippen molar-refractivity contribution in [1.29, 1.82) is 0 Å². The van der Waals surface area contributed by atoms with E-state index in [2.05, 4.69) is 15.6 Å². The van der Waals surface area contributed by atoms with Gasteiger partial charge in [0.1, 0.15) is 5.82 Å². The molecule has 146 valence electrons. The van der Waals surface area contributed by atoms with Crippen LogP contribution in [0.5, 0.6) is 0 Å². The molecule has 4 rings (SSSR count). The second-order valence-corrected chi connectivity index (χ2v) is 7.71. The second-order valence-electron chi connectivity index (χ2n) is 6.77. The molecule has 5 nitrogen and oxygen atoms in total. The van der Waals surface area contributed by atoms with E-state index in [1.165, 1.54) is 0 Å². The molecule has 2 aromatic heterocycles. The largest absolute Gasteiger partial charge is 0.369 e. The lowest BCUT2D eigenvalue weighted by molar-refractivity contribution is -0.121. The van der Waals surface area contributed by atoms with Gasteiger partial charge in [-0.1, -0.05) is 48.5 Å². The van der Waals surface area contributed by atoms with Gasteiger partial charge in [-0.15, -0.1) is 11.3 Å². The molecule has 0 aliphatic rings. The molecule has 2 heterocycles. The van der Waals surface area contributed by atoms with E-state index in [0.29, 0.717) is 18.8 Å². The van der Waals surface area contributed by atoms with Crippen LogP contribution in [0.3, 0.4) is 0 Å². The molecule has 4 aromatic rings. The van der Waals surface area contributed by atoms with Crippen LogP contribution in [-0.4, -0.2) is 22.4 Å². The summed E-state index contributed by atoms with van der Waals surface area (Å²) in [5.41, 5.74) is 1.98. The van der Waals surface area contributed by atoms with Gasteiger partial charge in [-0.3, -0.25) is 4.79 Å². The molecule has 0 saturated heterocycles. The minimum Gasteiger partial charge on any atom is -0.369 e. The Kier molecular flexibility index (Phi) is 5.81. The van der Waals surface area contributed by atoms with E-state index >= 15 is 0 Å². The lowest BCUT2D eigenvalue weighted by Gasteiger charge is -2.15. The molecule has 2 N–H and O–H groups in total. The van der Waals surface area contributed by atoms with Crippen LogP contribution in [-0.2, 0) is 4.79 Å². The maximum absolute atomic E-state index is 12.4. The van der Waals surface area contributed by atoms with Gasteiger partial charge >= 0.3 is 0 Å². The van der Waals surface area contributed by atoms with Gasteiger partial charge in [0.05, 0.1) is 16.4 Å². The number of para-hydroxylation sites is 1. The van der Waals surface area contributed by atoms with E-state index in [0.717, 1.165) is 27.2 Å². The van der Waals surface area contributed by atoms with Gasteiger partial charge in [0.15, 0.2) is 5.82 Å². The smallest absolute Gasteiger partial charge is 0.222 e. The fraction of sp³-hybridized carbons (Fsp3) is 0.174. The molecule has 1 amide bonds. The van der Waals surface area contributed by atoms with Gasteiger partial charge in [0, 0.05) is 18.4 Å². The van der Waals surface area contributed by atoms with Crippen molar-refractivity contribution in [3.63, 3.8) is 0 Å². The van der Waals surface area contributed by atoms with Gasteiger partial charge in [-0.2, -0.15) is 0 Å². The van der Waals surface area contributed by atoms with Crippen molar-refractivity contribution >= 4 is 34.0 Å². The number of carbonyl (C=O) groups is 1. The van der Waals surface area contributed by atoms with Crippen LogP contribution in [0.1, 0.15) is 24.9 Å². The van der Waals surface area contributed by atoms with Crippen LogP contribution in [0, 0.1) is 0 Å². The number of amides is 1. The van der Waals surface area contributed by atoms with Crippen LogP contribution in [0.4, 0.5) is 5.82 Å². The number of thiophene rings is 1. The van der Waals surface area contributed by atoms with Crippen molar-refractivity contribution in [3.05, 3.63) is 77.7 Å². The minimum atomic E-state index is -0.0194. The molecule has 1 unspecified atom stereocenters. The highest BCUT2D eigenvalue weighted by Gasteiger charge is 2.12. The summed E-state index contributed by atoms with van der Waals surface area (Å²) in [6.07, 6.45) is 0.365. The number of nitrogens with zero attached hydrogens (tertiary/aromatic N) is 2. The monoisotopic (exact) mass is 402 g/mol. The summed E-state index contributed by atoms with van der Waals surface area (Å²) >= 11 is 1.61. The zero-order valence-electron chi connectivity index (χ0n) is 16.1. The average Bonchev–Trinajstić information content (AvgIpc) is 3.29. The van der Waals surface area contributed by atoms with Gasteiger partial charge < -0.3 is 10.6 Å². The topological polar surface area (TPSA) is 66.9 Å². The third-order valence-electron chi connectivity index (χ3n) is 4.67. The van der Waals surface area contributed by atoms with Crippen molar-refractivity contribution in [3.8, 4) is 10.7 Å². The van der Waals surface area contributed by atoms with E-state index in [9.17, 15) is 4.79 Å². The first-order valence-electron chi connectivity index (χ1n) is 9.59. The molecule has 0 aliphatic carbocycles. The lowest BCUT2D eigenvalue weighted by atomic mass is 10.1. The molecular weight excluding hydrogens is 380 g/mol. The Bertz CT molecular complexity index is 1100. The number of hydrogen-bond donors (Lipinski definition) is 2. The first-order chi connectivity index (χ1) is 14.2. The van der Waals surface area contributed by atoms with Crippen LogP contribution >= 0.6 is 11.3 Å². The first-order valence-corrected chi connectivity index (χ1v) is 10.5. The van der Waals surface area contributed by atoms with E-state index < -0.39 is 0 Å². The van der Waals surface area contributed by atoms with E-state index in [-0.39, 0.29) is 11.9 Å². The zero-order valence-corrected chi connectivity index (χ0v) is 16.9. The molecule has 0 fully saturated rings. The van der Waals surface area contributed by atoms with Gasteiger partial charge in [-0.25, -0.2) is 9.97 Å². The summed E-state index contributed by atoms with van der Waals surface area (Å²) in [5, 5.41) is 9.33. The Labute approximate surface area is 173 Å². The van der Waals surface area contributed by atoms with Crippen LogP contribution in [0.25, 0.3) is 21.6 Å². The van der Waals surface area contributed by atoms with Gasteiger partial charge in [-0.05, 0) is 36.1 Å². The average molecular weight is 403 g/mol. The molecule has 2 aromatic carbocycles. The standard InChI is InChI=1S/C23H22N4OS/c1-16(17-8-3-2-4-9-17)25-21(28)13-14-24-22-18-10-5-6-11-19(18)26-23(27-22)20-12-7-15-29-20/h2-12,15-16H,13-14H2,1H3,(H,25,28)(H,24,26,27). The quantitative estimate of drug-likeness (QED) is 0.455. The summed E-state index contributed by atoms with van der Waals surface area (Å²) in [5.74, 6) is 1.46. The predicted molar refractivity (Wildman–Crippen MR) is 119 cm³/mol. The SMILES string of the molecule is CC(NC(=O)CCNc1nc(-c2cccs2)nc2ccccc12)c1ccccc1. The number of hydrogen-bond acceptors (Lipinski definition) is 5. The fourth-order valence-corrected chi connectivity index (χ4v) is 3.82. The molecule has 0 radical (unpaired) electrons. The Hall–Kier alpha value is -3.25. The third-order valence-corrected chi connectivity index (χ3v) is 5.53. The molecule has 6 heteroatoms.